The first-order valence-corrected chi connectivity index (χ1v) is 11.5. The number of hydrogen-bond acceptors (Lipinski definition) is 4. The topological polar surface area (TPSA) is 87.3 Å². The molecule has 0 saturated carbocycles. The molecular weight excluding hydrogens is 450 g/mol. The van der Waals surface area contributed by atoms with Gasteiger partial charge in [0.05, 0.1) is 29.2 Å². The minimum Gasteiger partial charge on any atom is -0.493 e. The van der Waals surface area contributed by atoms with Crippen molar-refractivity contribution in [3.05, 3.63) is 71.2 Å². The first-order chi connectivity index (χ1) is 16.3. The second-order valence-electron chi connectivity index (χ2n) is 8.57. The number of benzene rings is 3. The zero-order valence-electron chi connectivity index (χ0n) is 19.1. The monoisotopic (exact) mass is 475 g/mol. The van der Waals surface area contributed by atoms with E-state index >= 15 is 0 Å². The minimum absolute atomic E-state index is 0.0702. The number of ether oxygens (including phenoxy) is 1. The smallest absolute Gasteiger partial charge is 0.227 e. The van der Waals surface area contributed by atoms with E-state index in [1.807, 2.05) is 36.4 Å². The van der Waals surface area contributed by atoms with Crippen molar-refractivity contribution in [2.24, 2.45) is 0 Å². The molecule has 34 heavy (non-hydrogen) atoms. The number of amides is 1. The third-order valence-corrected chi connectivity index (χ3v) is 6.20. The van der Waals surface area contributed by atoms with Crippen LogP contribution in [0.15, 0.2) is 60.7 Å². The summed E-state index contributed by atoms with van der Waals surface area (Å²) in [7, 11) is 0. The summed E-state index contributed by atoms with van der Waals surface area (Å²) in [5, 5.41) is 25.1. The van der Waals surface area contributed by atoms with Gasteiger partial charge in [-0.1, -0.05) is 29.8 Å². The predicted octanol–water partition coefficient (Wildman–Crippen LogP) is 5.89. The highest BCUT2D eigenvalue weighted by Gasteiger charge is 2.25. The van der Waals surface area contributed by atoms with Gasteiger partial charge in [-0.25, -0.2) is 0 Å². The molecule has 0 radical (unpaired) electrons. The van der Waals surface area contributed by atoms with Crippen molar-refractivity contribution in [2.45, 2.75) is 38.8 Å². The fourth-order valence-electron chi connectivity index (χ4n) is 4.18. The fourth-order valence-corrected chi connectivity index (χ4v) is 4.39. The van der Waals surface area contributed by atoms with Crippen molar-refractivity contribution in [3.63, 3.8) is 0 Å². The standard InChI is InChI=1S/C27H26ClN3O3/c1-3-31-24-7-5-4-6-21(24)22-14-19(9-11-25(22)31)30-26(32)16-27(2,33)12-13-34-20-10-8-18(17-29)23(28)15-20/h4-11,14-15,33H,3,12-13,16H2,1-2H3,(H,30,32). The summed E-state index contributed by atoms with van der Waals surface area (Å²) in [6.45, 7) is 4.78. The summed E-state index contributed by atoms with van der Waals surface area (Å²) < 4.78 is 7.89. The van der Waals surface area contributed by atoms with Crippen molar-refractivity contribution in [1.29, 1.82) is 5.26 Å². The van der Waals surface area contributed by atoms with Gasteiger partial charge in [0.1, 0.15) is 11.8 Å². The average molecular weight is 476 g/mol. The van der Waals surface area contributed by atoms with Crippen LogP contribution in [0, 0.1) is 11.3 Å². The first-order valence-electron chi connectivity index (χ1n) is 11.2. The predicted molar refractivity (Wildman–Crippen MR) is 135 cm³/mol. The number of fused-ring (bicyclic) bond motifs is 3. The highest BCUT2D eigenvalue weighted by atomic mass is 35.5. The van der Waals surface area contributed by atoms with E-state index in [-0.39, 0.29) is 25.4 Å². The lowest BCUT2D eigenvalue weighted by Gasteiger charge is -2.22. The minimum atomic E-state index is -1.25. The van der Waals surface area contributed by atoms with E-state index in [1.165, 1.54) is 0 Å². The molecule has 1 aromatic heterocycles. The summed E-state index contributed by atoms with van der Waals surface area (Å²) >= 11 is 6.02. The number of anilines is 1. The summed E-state index contributed by atoms with van der Waals surface area (Å²) in [6, 6.07) is 20.9. The third-order valence-electron chi connectivity index (χ3n) is 5.88. The Balaban J connectivity index is 1.39. The average Bonchev–Trinajstić information content (AvgIpc) is 3.11. The molecule has 4 rings (SSSR count). The number of aliphatic hydroxyl groups is 1. The van der Waals surface area contributed by atoms with Gasteiger partial charge in [0.2, 0.25) is 5.91 Å². The number of aryl methyl sites for hydroxylation is 1. The highest BCUT2D eigenvalue weighted by molar-refractivity contribution is 6.31. The van der Waals surface area contributed by atoms with Crippen molar-refractivity contribution in [1.82, 2.24) is 4.57 Å². The van der Waals surface area contributed by atoms with Crippen LogP contribution in [0.2, 0.25) is 5.02 Å². The Kier molecular flexibility index (Phi) is 6.78. The number of hydrogen-bond donors (Lipinski definition) is 2. The van der Waals surface area contributed by atoms with Crippen LogP contribution >= 0.6 is 11.6 Å². The van der Waals surface area contributed by atoms with E-state index in [0.29, 0.717) is 22.0 Å². The molecule has 3 aromatic carbocycles. The summed E-state index contributed by atoms with van der Waals surface area (Å²) in [5.74, 6) is 0.230. The molecule has 6 nitrogen and oxygen atoms in total. The number of nitrogens with zero attached hydrogens (tertiary/aromatic N) is 2. The van der Waals surface area contributed by atoms with Crippen LogP contribution in [0.25, 0.3) is 21.8 Å². The zero-order chi connectivity index (χ0) is 24.3. The molecule has 0 aliphatic carbocycles. The van der Waals surface area contributed by atoms with Gasteiger partial charge in [-0.05, 0) is 50.2 Å². The van der Waals surface area contributed by atoms with Crippen molar-refractivity contribution in [2.75, 3.05) is 11.9 Å². The fraction of sp³-hybridized carbons (Fsp3) is 0.259. The number of aromatic nitrogens is 1. The van der Waals surface area contributed by atoms with Crippen LogP contribution in [0.5, 0.6) is 5.75 Å². The molecule has 7 heteroatoms. The second-order valence-corrected chi connectivity index (χ2v) is 8.97. The van der Waals surface area contributed by atoms with E-state index in [0.717, 1.165) is 28.4 Å². The Labute approximate surface area is 203 Å². The Morgan fingerprint density at radius 2 is 1.91 bits per heavy atom. The lowest BCUT2D eigenvalue weighted by atomic mass is 9.98. The highest BCUT2D eigenvalue weighted by Crippen LogP contribution is 2.31. The molecular formula is C27H26ClN3O3. The summed E-state index contributed by atoms with van der Waals surface area (Å²) in [6.07, 6.45) is 0.181. The van der Waals surface area contributed by atoms with Crippen LogP contribution in [0.4, 0.5) is 5.69 Å². The first kappa shape index (κ1) is 23.6. The number of rotatable bonds is 8. The van der Waals surface area contributed by atoms with Crippen LogP contribution in [0.3, 0.4) is 0 Å². The number of para-hydroxylation sites is 1. The van der Waals surface area contributed by atoms with Crippen molar-refractivity contribution < 1.29 is 14.6 Å². The van der Waals surface area contributed by atoms with Gasteiger partial charge in [0.25, 0.3) is 0 Å². The summed E-state index contributed by atoms with van der Waals surface area (Å²) in [4.78, 5) is 12.7. The van der Waals surface area contributed by atoms with Gasteiger partial charge in [0, 0.05) is 46.5 Å². The van der Waals surface area contributed by atoms with Gasteiger partial charge in [-0.15, -0.1) is 0 Å². The molecule has 0 aliphatic rings. The van der Waals surface area contributed by atoms with Crippen LogP contribution < -0.4 is 10.1 Å². The van der Waals surface area contributed by atoms with Gasteiger partial charge < -0.3 is 19.7 Å². The van der Waals surface area contributed by atoms with Gasteiger partial charge in [-0.3, -0.25) is 4.79 Å². The zero-order valence-corrected chi connectivity index (χ0v) is 19.9. The van der Waals surface area contributed by atoms with Crippen molar-refractivity contribution >= 4 is 45.0 Å². The van der Waals surface area contributed by atoms with Crippen LogP contribution in [0.1, 0.15) is 32.3 Å². The maximum Gasteiger partial charge on any atom is 0.227 e. The molecule has 0 bridgehead atoms. The molecule has 1 unspecified atom stereocenters. The molecule has 0 aliphatic heterocycles. The maximum atomic E-state index is 12.7. The third kappa shape index (κ3) is 5.01. The van der Waals surface area contributed by atoms with Gasteiger partial charge in [-0.2, -0.15) is 5.26 Å². The Hall–Kier alpha value is -3.53. The maximum absolute atomic E-state index is 12.7. The van der Waals surface area contributed by atoms with E-state index in [4.69, 9.17) is 21.6 Å². The number of carbonyl (C=O) groups is 1. The Morgan fingerprint density at radius 1 is 1.15 bits per heavy atom. The van der Waals surface area contributed by atoms with Crippen LogP contribution in [-0.2, 0) is 11.3 Å². The van der Waals surface area contributed by atoms with Crippen LogP contribution in [-0.4, -0.2) is 27.8 Å². The van der Waals surface area contributed by atoms with E-state index in [9.17, 15) is 9.90 Å². The molecule has 1 amide bonds. The molecule has 0 spiro atoms. The summed E-state index contributed by atoms with van der Waals surface area (Å²) in [5.41, 5.74) is 2.10. The molecule has 0 saturated heterocycles. The molecule has 4 aromatic rings. The van der Waals surface area contributed by atoms with E-state index in [2.05, 4.69) is 28.9 Å². The number of nitrogens with one attached hydrogen (secondary N) is 1. The molecule has 174 valence electrons. The van der Waals surface area contributed by atoms with Gasteiger partial charge in [0.15, 0.2) is 0 Å². The molecule has 1 atom stereocenters. The normalized spacial score (nSPS) is 12.9. The van der Waals surface area contributed by atoms with Crippen molar-refractivity contribution in [3.8, 4) is 11.8 Å². The molecule has 1 heterocycles. The number of carbonyl (C=O) groups excluding carboxylic acids is 1. The Bertz CT molecular complexity index is 1400. The molecule has 2 N–H and O–H groups in total. The number of nitriles is 1. The largest absolute Gasteiger partial charge is 0.493 e. The SMILES string of the molecule is CCn1c2ccccc2c2cc(NC(=O)CC(C)(O)CCOc3ccc(C#N)c(Cl)c3)ccc21. The van der Waals surface area contributed by atoms with E-state index < -0.39 is 5.60 Å². The van der Waals surface area contributed by atoms with E-state index in [1.54, 1.807) is 25.1 Å². The molecule has 0 fully saturated rings. The lowest BCUT2D eigenvalue weighted by Crippen LogP contribution is -2.32. The number of halogens is 1. The quantitative estimate of drug-likeness (QED) is 0.332. The lowest BCUT2D eigenvalue weighted by molar-refractivity contribution is -0.120. The Morgan fingerprint density at radius 3 is 2.65 bits per heavy atom. The van der Waals surface area contributed by atoms with Gasteiger partial charge >= 0.3 is 0 Å². The second kappa shape index (κ2) is 9.76.